The zero-order valence-corrected chi connectivity index (χ0v) is 15.8. The molecule has 0 aliphatic carbocycles. The van der Waals surface area contributed by atoms with Crippen molar-refractivity contribution in [2.45, 2.75) is 27.7 Å². The topological polar surface area (TPSA) is 58.6 Å². The molecule has 0 radical (unpaired) electrons. The van der Waals surface area contributed by atoms with E-state index in [0.717, 1.165) is 11.1 Å². The van der Waals surface area contributed by atoms with E-state index in [-0.39, 0.29) is 11.8 Å². The molecule has 1 N–H and O–H groups in total. The minimum absolute atomic E-state index is 0.0995. The lowest BCUT2D eigenvalue weighted by Crippen LogP contribution is -2.37. The highest BCUT2D eigenvalue weighted by Gasteiger charge is 2.16. The van der Waals surface area contributed by atoms with Crippen molar-refractivity contribution in [3.05, 3.63) is 59.2 Å². The van der Waals surface area contributed by atoms with Gasteiger partial charge in [0.25, 0.3) is 5.91 Å². The molecule has 0 heterocycles. The highest BCUT2D eigenvalue weighted by atomic mass is 16.5. The van der Waals surface area contributed by atoms with Crippen molar-refractivity contribution in [1.29, 1.82) is 0 Å². The van der Waals surface area contributed by atoms with Gasteiger partial charge in [0.1, 0.15) is 5.75 Å². The highest BCUT2D eigenvalue weighted by Crippen LogP contribution is 2.27. The molecule has 0 aliphatic heterocycles. The first-order valence-electron chi connectivity index (χ1n) is 8.79. The SMILES string of the molecule is CCOc1ccccc1N(CCNC(=O)c1ccc(C)c(C)c1)C(C)=O. The molecule has 138 valence electrons. The van der Waals surface area contributed by atoms with Crippen LogP contribution in [0, 0.1) is 13.8 Å². The lowest BCUT2D eigenvalue weighted by molar-refractivity contribution is -0.116. The van der Waals surface area contributed by atoms with E-state index in [0.29, 0.717) is 36.7 Å². The van der Waals surface area contributed by atoms with Crippen LogP contribution in [-0.2, 0) is 4.79 Å². The summed E-state index contributed by atoms with van der Waals surface area (Å²) >= 11 is 0. The number of para-hydroxylation sites is 2. The van der Waals surface area contributed by atoms with E-state index < -0.39 is 0 Å². The molecule has 0 spiro atoms. The molecule has 5 heteroatoms. The van der Waals surface area contributed by atoms with Gasteiger partial charge in [0.15, 0.2) is 0 Å². The van der Waals surface area contributed by atoms with E-state index in [4.69, 9.17) is 4.74 Å². The molecule has 5 nitrogen and oxygen atoms in total. The van der Waals surface area contributed by atoms with E-state index >= 15 is 0 Å². The van der Waals surface area contributed by atoms with Crippen molar-refractivity contribution in [2.75, 3.05) is 24.6 Å². The molecule has 0 fully saturated rings. The molecule has 0 aliphatic rings. The summed E-state index contributed by atoms with van der Waals surface area (Å²) < 4.78 is 5.61. The second-order valence-electron chi connectivity index (χ2n) is 6.13. The van der Waals surface area contributed by atoms with Crippen LogP contribution < -0.4 is 15.0 Å². The van der Waals surface area contributed by atoms with E-state index in [1.54, 1.807) is 4.90 Å². The second kappa shape index (κ2) is 9.04. The number of anilines is 1. The number of rotatable bonds is 7. The number of aryl methyl sites for hydroxylation is 2. The molecule has 26 heavy (non-hydrogen) atoms. The molecule has 0 saturated heterocycles. The summed E-state index contributed by atoms with van der Waals surface area (Å²) in [5.41, 5.74) is 3.56. The Balaban J connectivity index is 2.04. The highest BCUT2D eigenvalue weighted by molar-refractivity contribution is 5.95. The first-order chi connectivity index (χ1) is 12.4. The number of carbonyl (C=O) groups is 2. The Labute approximate surface area is 155 Å². The lowest BCUT2D eigenvalue weighted by Gasteiger charge is -2.23. The first kappa shape index (κ1) is 19.5. The number of benzene rings is 2. The third kappa shape index (κ3) is 4.85. The number of ether oxygens (including phenoxy) is 1. The number of nitrogens with zero attached hydrogens (tertiary/aromatic N) is 1. The van der Waals surface area contributed by atoms with Gasteiger partial charge in [-0.15, -0.1) is 0 Å². The smallest absolute Gasteiger partial charge is 0.251 e. The van der Waals surface area contributed by atoms with Crippen LogP contribution in [0.25, 0.3) is 0 Å². The zero-order chi connectivity index (χ0) is 19.1. The van der Waals surface area contributed by atoms with Crippen LogP contribution in [0.2, 0.25) is 0 Å². The maximum Gasteiger partial charge on any atom is 0.251 e. The lowest BCUT2D eigenvalue weighted by atomic mass is 10.1. The van der Waals surface area contributed by atoms with Gasteiger partial charge in [-0.25, -0.2) is 0 Å². The number of amides is 2. The third-order valence-corrected chi connectivity index (χ3v) is 4.23. The molecule has 2 rings (SSSR count). The van der Waals surface area contributed by atoms with Crippen LogP contribution in [0.3, 0.4) is 0 Å². The van der Waals surface area contributed by atoms with Gasteiger partial charge >= 0.3 is 0 Å². The van der Waals surface area contributed by atoms with Crippen LogP contribution in [0.5, 0.6) is 5.75 Å². The van der Waals surface area contributed by atoms with Gasteiger partial charge in [-0.2, -0.15) is 0 Å². The number of carbonyl (C=O) groups excluding carboxylic acids is 2. The van der Waals surface area contributed by atoms with Crippen LogP contribution in [0.15, 0.2) is 42.5 Å². The molecule has 0 unspecified atom stereocenters. The van der Waals surface area contributed by atoms with E-state index in [9.17, 15) is 9.59 Å². The van der Waals surface area contributed by atoms with Gasteiger partial charge in [-0.1, -0.05) is 18.2 Å². The maximum atomic E-state index is 12.3. The van der Waals surface area contributed by atoms with Crippen molar-refractivity contribution in [3.8, 4) is 5.75 Å². The molecule has 2 amide bonds. The van der Waals surface area contributed by atoms with Crippen molar-refractivity contribution >= 4 is 17.5 Å². The average Bonchev–Trinajstić information content (AvgIpc) is 2.61. The summed E-state index contributed by atoms with van der Waals surface area (Å²) in [6.45, 7) is 8.65. The molecular weight excluding hydrogens is 328 g/mol. The molecule has 0 atom stereocenters. The van der Waals surface area contributed by atoms with Crippen LogP contribution in [0.1, 0.15) is 35.3 Å². The van der Waals surface area contributed by atoms with Crippen molar-refractivity contribution in [2.24, 2.45) is 0 Å². The quantitative estimate of drug-likeness (QED) is 0.828. The van der Waals surface area contributed by atoms with Crippen LogP contribution in [0.4, 0.5) is 5.69 Å². The predicted octanol–water partition coefficient (Wildman–Crippen LogP) is 3.49. The molecule has 0 saturated carbocycles. The number of nitrogens with one attached hydrogen (secondary N) is 1. The Bertz CT molecular complexity index is 787. The summed E-state index contributed by atoms with van der Waals surface area (Å²) in [6.07, 6.45) is 0. The summed E-state index contributed by atoms with van der Waals surface area (Å²) in [4.78, 5) is 26.0. The van der Waals surface area contributed by atoms with Crippen molar-refractivity contribution in [3.63, 3.8) is 0 Å². The van der Waals surface area contributed by atoms with Gasteiger partial charge < -0.3 is 15.0 Å². The minimum Gasteiger partial charge on any atom is -0.492 e. The maximum absolute atomic E-state index is 12.3. The fraction of sp³-hybridized carbons (Fsp3) is 0.333. The standard InChI is InChI=1S/C21H26N2O3/c1-5-26-20-9-7-6-8-19(20)23(17(4)24)13-12-22-21(25)18-11-10-15(2)16(3)14-18/h6-11,14H,5,12-13H2,1-4H3,(H,22,25). The summed E-state index contributed by atoms with van der Waals surface area (Å²) in [7, 11) is 0. The zero-order valence-electron chi connectivity index (χ0n) is 15.8. The summed E-state index contributed by atoms with van der Waals surface area (Å²) in [5, 5.41) is 2.88. The Morgan fingerprint density at radius 2 is 1.81 bits per heavy atom. The summed E-state index contributed by atoms with van der Waals surface area (Å²) in [5.74, 6) is 0.415. The Hall–Kier alpha value is -2.82. The second-order valence-corrected chi connectivity index (χ2v) is 6.13. The van der Waals surface area contributed by atoms with Crippen molar-refractivity contribution < 1.29 is 14.3 Å². The average molecular weight is 354 g/mol. The van der Waals surface area contributed by atoms with Crippen LogP contribution in [-0.4, -0.2) is 31.5 Å². The molecule has 2 aromatic carbocycles. The van der Waals surface area contributed by atoms with E-state index in [1.807, 2.05) is 63.2 Å². The monoisotopic (exact) mass is 354 g/mol. The Kier molecular flexibility index (Phi) is 6.78. The molecule has 2 aromatic rings. The number of hydrogen-bond acceptors (Lipinski definition) is 3. The van der Waals surface area contributed by atoms with Crippen LogP contribution >= 0.6 is 0 Å². The van der Waals surface area contributed by atoms with Gasteiger partial charge in [-0.05, 0) is 56.2 Å². The fourth-order valence-electron chi connectivity index (χ4n) is 2.67. The summed E-state index contributed by atoms with van der Waals surface area (Å²) in [6, 6.07) is 13.0. The Morgan fingerprint density at radius 1 is 1.08 bits per heavy atom. The van der Waals surface area contributed by atoms with Gasteiger partial charge in [-0.3, -0.25) is 9.59 Å². The fourth-order valence-corrected chi connectivity index (χ4v) is 2.67. The van der Waals surface area contributed by atoms with Gasteiger partial charge in [0.2, 0.25) is 5.91 Å². The number of hydrogen-bond donors (Lipinski definition) is 1. The van der Waals surface area contributed by atoms with E-state index in [1.165, 1.54) is 6.92 Å². The predicted molar refractivity (Wildman–Crippen MR) is 104 cm³/mol. The first-order valence-corrected chi connectivity index (χ1v) is 8.79. The van der Waals surface area contributed by atoms with Crippen molar-refractivity contribution in [1.82, 2.24) is 5.32 Å². The normalized spacial score (nSPS) is 10.3. The Morgan fingerprint density at radius 3 is 2.46 bits per heavy atom. The van der Waals surface area contributed by atoms with E-state index in [2.05, 4.69) is 5.32 Å². The minimum atomic E-state index is -0.144. The molecule has 0 aromatic heterocycles. The molecule has 0 bridgehead atoms. The molecular formula is C21H26N2O3. The largest absolute Gasteiger partial charge is 0.492 e. The third-order valence-electron chi connectivity index (χ3n) is 4.23. The van der Waals surface area contributed by atoms with Gasteiger partial charge in [0, 0.05) is 25.6 Å². The van der Waals surface area contributed by atoms with Gasteiger partial charge in [0.05, 0.1) is 12.3 Å².